The van der Waals surface area contributed by atoms with Crippen molar-refractivity contribution in [3.8, 4) is 0 Å². The third-order valence-electron chi connectivity index (χ3n) is 2.93. The van der Waals surface area contributed by atoms with Crippen LogP contribution in [0.4, 0.5) is 5.69 Å². The standard InChI is InChI=1S/C14H21N3O2/c1-4-16-12(18)9-17(5-2)14(19)11-8-6-7-10(3)13(11)15/h6-8H,4-5,9,15H2,1-3H3,(H,16,18). The minimum Gasteiger partial charge on any atom is -0.398 e. The molecular weight excluding hydrogens is 242 g/mol. The second-order valence-corrected chi connectivity index (χ2v) is 4.31. The molecule has 5 nitrogen and oxygen atoms in total. The fourth-order valence-electron chi connectivity index (χ4n) is 1.79. The predicted molar refractivity (Wildman–Crippen MR) is 75.9 cm³/mol. The number of hydrogen-bond donors (Lipinski definition) is 2. The first-order valence-corrected chi connectivity index (χ1v) is 6.42. The Hall–Kier alpha value is -2.04. The van der Waals surface area contributed by atoms with Crippen LogP contribution in [0.3, 0.4) is 0 Å². The molecule has 0 spiro atoms. The highest BCUT2D eigenvalue weighted by Gasteiger charge is 2.19. The highest BCUT2D eigenvalue weighted by atomic mass is 16.2. The number of nitrogens with zero attached hydrogens (tertiary/aromatic N) is 1. The molecule has 5 heteroatoms. The number of nitrogen functional groups attached to an aromatic ring is 1. The van der Waals surface area contributed by atoms with E-state index in [2.05, 4.69) is 5.32 Å². The van der Waals surface area contributed by atoms with Crippen molar-refractivity contribution >= 4 is 17.5 Å². The normalized spacial score (nSPS) is 10.1. The monoisotopic (exact) mass is 263 g/mol. The van der Waals surface area contributed by atoms with E-state index >= 15 is 0 Å². The lowest BCUT2D eigenvalue weighted by Crippen LogP contribution is -2.40. The number of carbonyl (C=O) groups excluding carboxylic acids is 2. The van der Waals surface area contributed by atoms with E-state index in [0.29, 0.717) is 24.3 Å². The van der Waals surface area contributed by atoms with Crippen LogP contribution in [0.25, 0.3) is 0 Å². The van der Waals surface area contributed by atoms with Gasteiger partial charge in [-0.05, 0) is 32.4 Å². The van der Waals surface area contributed by atoms with Gasteiger partial charge in [-0.15, -0.1) is 0 Å². The fraction of sp³-hybridized carbons (Fsp3) is 0.429. The lowest BCUT2D eigenvalue weighted by atomic mass is 10.1. The summed E-state index contributed by atoms with van der Waals surface area (Å²) in [7, 11) is 0. The molecule has 0 aliphatic carbocycles. The first-order valence-electron chi connectivity index (χ1n) is 6.42. The number of anilines is 1. The quantitative estimate of drug-likeness (QED) is 0.783. The zero-order valence-electron chi connectivity index (χ0n) is 11.7. The summed E-state index contributed by atoms with van der Waals surface area (Å²) in [5.41, 5.74) is 7.70. The van der Waals surface area contributed by atoms with E-state index in [1.807, 2.05) is 26.8 Å². The summed E-state index contributed by atoms with van der Waals surface area (Å²) in [5.74, 6) is -0.376. The Balaban J connectivity index is 2.89. The Labute approximate surface area is 113 Å². The number of rotatable bonds is 5. The van der Waals surface area contributed by atoms with Gasteiger partial charge < -0.3 is 16.0 Å². The van der Waals surface area contributed by atoms with E-state index in [9.17, 15) is 9.59 Å². The lowest BCUT2D eigenvalue weighted by molar-refractivity contribution is -0.121. The van der Waals surface area contributed by atoms with Crippen molar-refractivity contribution < 1.29 is 9.59 Å². The van der Waals surface area contributed by atoms with Gasteiger partial charge in [-0.3, -0.25) is 9.59 Å². The molecular formula is C14H21N3O2. The second kappa shape index (κ2) is 6.78. The van der Waals surface area contributed by atoms with Gasteiger partial charge in [0.15, 0.2) is 0 Å². The lowest BCUT2D eigenvalue weighted by Gasteiger charge is -2.21. The summed E-state index contributed by atoms with van der Waals surface area (Å²) in [6.07, 6.45) is 0. The molecule has 0 saturated heterocycles. The summed E-state index contributed by atoms with van der Waals surface area (Å²) >= 11 is 0. The van der Waals surface area contributed by atoms with Crippen molar-refractivity contribution in [1.82, 2.24) is 10.2 Å². The van der Waals surface area contributed by atoms with Gasteiger partial charge in [-0.2, -0.15) is 0 Å². The Morgan fingerprint density at radius 1 is 1.32 bits per heavy atom. The van der Waals surface area contributed by atoms with E-state index in [0.717, 1.165) is 5.56 Å². The Morgan fingerprint density at radius 2 is 2.00 bits per heavy atom. The van der Waals surface area contributed by atoms with Crippen molar-refractivity contribution in [2.24, 2.45) is 0 Å². The van der Waals surface area contributed by atoms with E-state index in [1.54, 1.807) is 12.1 Å². The van der Waals surface area contributed by atoms with E-state index < -0.39 is 0 Å². The number of amides is 2. The maximum Gasteiger partial charge on any atom is 0.256 e. The van der Waals surface area contributed by atoms with Gasteiger partial charge in [0, 0.05) is 18.8 Å². The Morgan fingerprint density at radius 3 is 2.58 bits per heavy atom. The van der Waals surface area contributed by atoms with Gasteiger partial charge >= 0.3 is 0 Å². The summed E-state index contributed by atoms with van der Waals surface area (Å²) in [6.45, 7) is 6.60. The molecule has 0 bridgehead atoms. The van der Waals surface area contributed by atoms with Crippen LogP contribution >= 0.6 is 0 Å². The van der Waals surface area contributed by atoms with Gasteiger partial charge in [0.1, 0.15) is 0 Å². The topological polar surface area (TPSA) is 75.4 Å². The predicted octanol–water partition coefficient (Wildman–Crippen LogP) is 1.18. The molecule has 19 heavy (non-hydrogen) atoms. The second-order valence-electron chi connectivity index (χ2n) is 4.31. The molecule has 0 atom stereocenters. The van der Waals surface area contributed by atoms with Gasteiger partial charge in [-0.25, -0.2) is 0 Å². The highest BCUT2D eigenvalue weighted by molar-refractivity contribution is 6.01. The molecule has 0 saturated carbocycles. The Bertz CT molecular complexity index is 472. The van der Waals surface area contributed by atoms with Crippen molar-refractivity contribution in [2.75, 3.05) is 25.4 Å². The third kappa shape index (κ3) is 3.71. The molecule has 2 amide bonds. The highest BCUT2D eigenvalue weighted by Crippen LogP contribution is 2.18. The number of likely N-dealkylation sites (N-methyl/N-ethyl adjacent to an activating group) is 2. The van der Waals surface area contributed by atoms with Crippen molar-refractivity contribution in [2.45, 2.75) is 20.8 Å². The number of nitrogens with one attached hydrogen (secondary N) is 1. The van der Waals surface area contributed by atoms with Gasteiger partial charge in [0.25, 0.3) is 5.91 Å². The SMILES string of the molecule is CCNC(=O)CN(CC)C(=O)c1cccc(C)c1N. The maximum absolute atomic E-state index is 12.4. The van der Waals surface area contributed by atoms with Crippen LogP contribution in [0, 0.1) is 6.92 Å². The van der Waals surface area contributed by atoms with Crippen LogP contribution < -0.4 is 11.1 Å². The first kappa shape index (κ1) is 15.0. The molecule has 0 aliphatic heterocycles. The van der Waals surface area contributed by atoms with Crippen LogP contribution in [-0.2, 0) is 4.79 Å². The largest absolute Gasteiger partial charge is 0.398 e. The van der Waals surface area contributed by atoms with Crippen LogP contribution in [0.15, 0.2) is 18.2 Å². The zero-order valence-corrected chi connectivity index (χ0v) is 11.7. The number of carbonyl (C=O) groups is 2. The summed E-state index contributed by atoms with van der Waals surface area (Å²) in [6, 6.07) is 5.33. The van der Waals surface area contributed by atoms with Crippen LogP contribution in [0.1, 0.15) is 29.8 Å². The maximum atomic E-state index is 12.4. The molecule has 104 valence electrons. The van der Waals surface area contributed by atoms with Crippen LogP contribution in [0.5, 0.6) is 0 Å². The van der Waals surface area contributed by atoms with Crippen LogP contribution in [-0.4, -0.2) is 36.3 Å². The first-order chi connectivity index (χ1) is 9.01. The molecule has 1 aromatic carbocycles. The zero-order chi connectivity index (χ0) is 14.4. The third-order valence-corrected chi connectivity index (χ3v) is 2.93. The van der Waals surface area contributed by atoms with Crippen LogP contribution in [0.2, 0.25) is 0 Å². The van der Waals surface area contributed by atoms with Gasteiger partial charge in [-0.1, -0.05) is 12.1 Å². The molecule has 0 heterocycles. The molecule has 1 rings (SSSR count). The molecule has 3 N–H and O–H groups in total. The molecule has 1 aromatic rings. The Kier molecular flexibility index (Phi) is 5.36. The average Bonchev–Trinajstić information content (AvgIpc) is 2.39. The van der Waals surface area contributed by atoms with Crippen molar-refractivity contribution in [3.63, 3.8) is 0 Å². The van der Waals surface area contributed by atoms with Crippen molar-refractivity contribution in [3.05, 3.63) is 29.3 Å². The number of benzene rings is 1. The number of nitrogens with two attached hydrogens (primary N) is 1. The number of aryl methyl sites for hydroxylation is 1. The smallest absolute Gasteiger partial charge is 0.256 e. The summed E-state index contributed by atoms with van der Waals surface area (Å²) in [5, 5.41) is 2.68. The number of hydrogen-bond acceptors (Lipinski definition) is 3. The number of para-hydroxylation sites is 1. The fourth-order valence-corrected chi connectivity index (χ4v) is 1.79. The van der Waals surface area contributed by atoms with E-state index in [-0.39, 0.29) is 18.4 Å². The van der Waals surface area contributed by atoms with E-state index in [4.69, 9.17) is 5.73 Å². The molecule has 0 aliphatic rings. The molecule has 0 radical (unpaired) electrons. The average molecular weight is 263 g/mol. The summed E-state index contributed by atoms with van der Waals surface area (Å²) < 4.78 is 0. The molecule has 0 unspecified atom stereocenters. The minimum absolute atomic E-state index is 0.0521. The van der Waals surface area contributed by atoms with E-state index in [1.165, 1.54) is 4.90 Å². The van der Waals surface area contributed by atoms with Gasteiger partial charge in [0.2, 0.25) is 5.91 Å². The van der Waals surface area contributed by atoms with Gasteiger partial charge in [0.05, 0.1) is 12.1 Å². The minimum atomic E-state index is -0.213. The molecule has 0 fully saturated rings. The summed E-state index contributed by atoms with van der Waals surface area (Å²) in [4.78, 5) is 25.4. The van der Waals surface area contributed by atoms with Crippen molar-refractivity contribution in [1.29, 1.82) is 0 Å². The molecule has 0 aromatic heterocycles.